The summed E-state index contributed by atoms with van der Waals surface area (Å²) in [5.74, 6) is 0.731. The van der Waals surface area contributed by atoms with Gasteiger partial charge in [-0.2, -0.15) is 0 Å². The zero-order valence-electron chi connectivity index (χ0n) is 10.7. The molecular formula is C15H22N2. The minimum Gasteiger partial charge on any atom is -0.371 e. The Morgan fingerprint density at radius 3 is 3.12 bits per heavy atom. The molecule has 2 unspecified atom stereocenters. The van der Waals surface area contributed by atoms with Crippen molar-refractivity contribution in [2.75, 3.05) is 18.0 Å². The van der Waals surface area contributed by atoms with Gasteiger partial charge in [-0.3, -0.25) is 0 Å². The Morgan fingerprint density at radius 2 is 2.29 bits per heavy atom. The highest BCUT2D eigenvalue weighted by atomic mass is 15.1. The van der Waals surface area contributed by atoms with E-state index in [-0.39, 0.29) is 6.04 Å². The second-order valence-corrected chi connectivity index (χ2v) is 5.45. The number of nitrogens with zero attached hydrogens (tertiary/aromatic N) is 1. The van der Waals surface area contributed by atoms with Gasteiger partial charge < -0.3 is 10.6 Å². The highest BCUT2D eigenvalue weighted by Crippen LogP contribution is 2.48. The van der Waals surface area contributed by atoms with Gasteiger partial charge in [-0.1, -0.05) is 25.5 Å². The van der Waals surface area contributed by atoms with Crippen molar-refractivity contribution < 1.29 is 0 Å². The number of anilines is 1. The Hall–Kier alpha value is -1.02. The zero-order chi connectivity index (χ0) is 11.8. The van der Waals surface area contributed by atoms with Crippen molar-refractivity contribution in [2.24, 2.45) is 5.73 Å². The first-order chi connectivity index (χ1) is 8.31. The van der Waals surface area contributed by atoms with Crippen LogP contribution in [0.15, 0.2) is 18.2 Å². The van der Waals surface area contributed by atoms with Crippen molar-refractivity contribution in [1.29, 1.82) is 0 Å². The van der Waals surface area contributed by atoms with Gasteiger partial charge >= 0.3 is 0 Å². The number of unbranched alkanes of at least 4 members (excludes halogenated alkanes) is 1. The average molecular weight is 230 g/mol. The smallest absolute Gasteiger partial charge is 0.0404 e. The molecule has 0 saturated carbocycles. The van der Waals surface area contributed by atoms with E-state index in [1.807, 2.05) is 0 Å². The molecule has 2 atom stereocenters. The van der Waals surface area contributed by atoms with Crippen molar-refractivity contribution in [1.82, 2.24) is 0 Å². The van der Waals surface area contributed by atoms with Crippen LogP contribution in [0.25, 0.3) is 0 Å². The van der Waals surface area contributed by atoms with E-state index in [0.717, 1.165) is 12.3 Å². The number of hydrogen-bond donors (Lipinski definition) is 1. The predicted molar refractivity (Wildman–Crippen MR) is 72.5 cm³/mol. The van der Waals surface area contributed by atoms with Crippen LogP contribution in [0.3, 0.4) is 0 Å². The van der Waals surface area contributed by atoms with E-state index in [1.54, 1.807) is 5.56 Å². The van der Waals surface area contributed by atoms with Gasteiger partial charge in [0.05, 0.1) is 0 Å². The molecule has 1 aromatic rings. The Labute approximate surface area is 104 Å². The minimum absolute atomic E-state index is 0.279. The Balaban J connectivity index is 1.96. The monoisotopic (exact) mass is 230 g/mol. The molecule has 1 aliphatic carbocycles. The SMILES string of the molecule is CCCCN1CCC2CC(N)c3cccc1c32. The molecule has 1 heterocycles. The van der Waals surface area contributed by atoms with Gasteiger partial charge in [0.15, 0.2) is 0 Å². The summed E-state index contributed by atoms with van der Waals surface area (Å²) in [6.45, 7) is 4.68. The number of benzene rings is 1. The predicted octanol–water partition coefficient (Wildman–Crippen LogP) is 3.18. The summed E-state index contributed by atoms with van der Waals surface area (Å²) in [6.07, 6.45) is 5.02. The van der Waals surface area contributed by atoms with Crippen molar-refractivity contribution in [3.8, 4) is 0 Å². The summed E-state index contributed by atoms with van der Waals surface area (Å²) in [5.41, 5.74) is 10.7. The lowest BCUT2D eigenvalue weighted by Crippen LogP contribution is -2.31. The van der Waals surface area contributed by atoms with Crippen LogP contribution in [0.4, 0.5) is 5.69 Å². The van der Waals surface area contributed by atoms with E-state index in [4.69, 9.17) is 5.73 Å². The normalized spacial score (nSPS) is 26.1. The van der Waals surface area contributed by atoms with Gasteiger partial charge in [-0.05, 0) is 42.4 Å². The number of nitrogens with two attached hydrogens (primary N) is 1. The van der Waals surface area contributed by atoms with E-state index in [2.05, 4.69) is 30.0 Å². The molecule has 0 fully saturated rings. The largest absolute Gasteiger partial charge is 0.371 e. The fraction of sp³-hybridized carbons (Fsp3) is 0.600. The average Bonchev–Trinajstić information content (AvgIpc) is 2.68. The third-order valence-corrected chi connectivity index (χ3v) is 4.33. The third kappa shape index (κ3) is 1.75. The van der Waals surface area contributed by atoms with Crippen LogP contribution in [0.2, 0.25) is 0 Å². The minimum atomic E-state index is 0.279. The molecule has 0 spiro atoms. The van der Waals surface area contributed by atoms with Crippen LogP contribution in [0, 0.1) is 0 Å². The molecule has 0 bridgehead atoms. The van der Waals surface area contributed by atoms with E-state index >= 15 is 0 Å². The summed E-state index contributed by atoms with van der Waals surface area (Å²) in [6, 6.07) is 6.98. The molecule has 3 rings (SSSR count). The third-order valence-electron chi connectivity index (χ3n) is 4.33. The van der Waals surface area contributed by atoms with Crippen LogP contribution in [0.5, 0.6) is 0 Å². The molecule has 0 radical (unpaired) electrons. The van der Waals surface area contributed by atoms with E-state index < -0.39 is 0 Å². The van der Waals surface area contributed by atoms with Crippen molar-refractivity contribution in [3.63, 3.8) is 0 Å². The summed E-state index contributed by atoms with van der Waals surface area (Å²) >= 11 is 0. The van der Waals surface area contributed by atoms with E-state index in [9.17, 15) is 0 Å². The summed E-state index contributed by atoms with van der Waals surface area (Å²) < 4.78 is 0. The molecule has 0 saturated heterocycles. The highest BCUT2D eigenvalue weighted by molar-refractivity contribution is 5.62. The number of rotatable bonds is 3. The van der Waals surface area contributed by atoms with Crippen molar-refractivity contribution in [3.05, 3.63) is 29.3 Å². The van der Waals surface area contributed by atoms with Crippen LogP contribution in [0.1, 0.15) is 55.7 Å². The van der Waals surface area contributed by atoms with Gasteiger partial charge in [-0.25, -0.2) is 0 Å². The number of hydrogen-bond acceptors (Lipinski definition) is 2. The second-order valence-electron chi connectivity index (χ2n) is 5.45. The first-order valence-corrected chi connectivity index (χ1v) is 6.94. The van der Waals surface area contributed by atoms with Crippen molar-refractivity contribution >= 4 is 5.69 Å². The van der Waals surface area contributed by atoms with Crippen LogP contribution in [-0.2, 0) is 0 Å². The molecule has 17 heavy (non-hydrogen) atoms. The first-order valence-electron chi connectivity index (χ1n) is 6.94. The lowest BCUT2D eigenvalue weighted by atomic mass is 9.91. The fourth-order valence-electron chi connectivity index (χ4n) is 3.44. The molecule has 2 aliphatic rings. The quantitative estimate of drug-likeness (QED) is 0.864. The van der Waals surface area contributed by atoms with Crippen LogP contribution >= 0.6 is 0 Å². The Bertz CT molecular complexity index is 413. The molecule has 2 nitrogen and oxygen atoms in total. The van der Waals surface area contributed by atoms with Crippen LogP contribution < -0.4 is 10.6 Å². The van der Waals surface area contributed by atoms with Gasteiger partial charge in [0.25, 0.3) is 0 Å². The van der Waals surface area contributed by atoms with Crippen molar-refractivity contribution in [2.45, 2.75) is 44.6 Å². The lowest BCUT2D eigenvalue weighted by Gasteiger charge is -2.34. The maximum absolute atomic E-state index is 6.24. The standard InChI is InChI=1S/C15H22N2/c1-2-3-8-17-9-7-11-10-13(16)12-5-4-6-14(17)15(11)12/h4-6,11,13H,2-3,7-10,16H2,1H3. The molecule has 0 amide bonds. The Morgan fingerprint density at radius 1 is 1.41 bits per heavy atom. The second kappa shape index (κ2) is 4.34. The summed E-state index contributed by atoms with van der Waals surface area (Å²) in [4.78, 5) is 2.57. The van der Waals surface area contributed by atoms with Gasteiger partial charge in [-0.15, -0.1) is 0 Å². The molecule has 1 aliphatic heterocycles. The lowest BCUT2D eigenvalue weighted by molar-refractivity contribution is 0.537. The van der Waals surface area contributed by atoms with Crippen LogP contribution in [-0.4, -0.2) is 13.1 Å². The Kier molecular flexibility index (Phi) is 2.83. The zero-order valence-corrected chi connectivity index (χ0v) is 10.7. The first kappa shape index (κ1) is 11.1. The fourth-order valence-corrected chi connectivity index (χ4v) is 3.44. The van der Waals surface area contributed by atoms with Gasteiger partial charge in [0.1, 0.15) is 0 Å². The maximum atomic E-state index is 6.24. The summed E-state index contributed by atoms with van der Waals surface area (Å²) in [7, 11) is 0. The van der Waals surface area contributed by atoms with E-state index in [1.165, 1.54) is 43.6 Å². The molecule has 2 heteroatoms. The summed E-state index contributed by atoms with van der Waals surface area (Å²) in [5, 5.41) is 0. The van der Waals surface area contributed by atoms with E-state index in [0.29, 0.717) is 0 Å². The van der Waals surface area contributed by atoms with Gasteiger partial charge in [0.2, 0.25) is 0 Å². The molecular weight excluding hydrogens is 208 g/mol. The van der Waals surface area contributed by atoms with Gasteiger partial charge in [0, 0.05) is 24.8 Å². The highest BCUT2D eigenvalue weighted by Gasteiger charge is 2.34. The molecule has 92 valence electrons. The maximum Gasteiger partial charge on any atom is 0.0404 e. The molecule has 1 aromatic carbocycles. The molecule has 2 N–H and O–H groups in total. The topological polar surface area (TPSA) is 29.3 Å². The molecule has 0 aromatic heterocycles.